The van der Waals surface area contributed by atoms with Crippen molar-refractivity contribution < 1.29 is 13.6 Å². The van der Waals surface area contributed by atoms with Crippen molar-refractivity contribution in [3.8, 4) is 0 Å². The van der Waals surface area contributed by atoms with E-state index in [9.17, 15) is 13.6 Å². The van der Waals surface area contributed by atoms with Gasteiger partial charge in [0, 0.05) is 50.4 Å². The zero-order chi connectivity index (χ0) is 18.2. The van der Waals surface area contributed by atoms with E-state index < -0.39 is 5.92 Å². The fraction of sp³-hybridized carbons (Fsp3) is 0.824. The van der Waals surface area contributed by atoms with Crippen LogP contribution in [0.15, 0.2) is 0 Å². The molecule has 0 radical (unpaired) electrons. The molecule has 0 bridgehead atoms. The Kier molecular flexibility index (Phi) is 5.01. The molecule has 2 saturated heterocycles. The van der Waals surface area contributed by atoms with Crippen LogP contribution in [0.2, 0.25) is 0 Å². The third-order valence-corrected chi connectivity index (χ3v) is 6.39. The van der Waals surface area contributed by atoms with Crippen molar-refractivity contribution in [3.63, 3.8) is 0 Å². The van der Waals surface area contributed by atoms with E-state index in [2.05, 4.69) is 35.9 Å². The van der Waals surface area contributed by atoms with Crippen LogP contribution in [0.25, 0.3) is 0 Å². The van der Waals surface area contributed by atoms with E-state index in [-0.39, 0.29) is 43.2 Å². The SMILES string of the molecule is CC(C)(C)c1nnc(N2CCC(C(=O)N3CCC(F)(F)CC3)CC2)s1. The number of amides is 1. The van der Waals surface area contributed by atoms with Gasteiger partial charge < -0.3 is 9.80 Å². The topological polar surface area (TPSA) is 49.3 Å². The molecule has 1 aromatic rings. The minimum absolute atomic E-state index is 0.0134. The molecule has 0 saturated carbocycles. The molecule has 1 aromatic heterocycles. The van der Waals surface area contributed by atoms with E-state index in [1.54, 1.807) is 16.2 Å². The van der Waals surface area contributed by atoms with Crippen LogP contribution in [0.4, 0.5) is 13.9 Å². The summed E-state index contributed by atoms with van der Waals surface area (Å²) in [6.07, 6.45) is 1.07. The summed E-state index contributed by atoms with van der Waals surface area (Å²) >= 11 is 1.61. The van der Waals surface area contributed by atoms with Gasteiger partial charge in [-0.1, -0.05) is 32.1 Å². The van der Waals surface area contributed by atoms with Crippen LogP contribution < -0.4 is 4.90 Å². The first kappa shape index (κ1) is 18.5. The van der Waals surface area contributed by atoms with Crippen LogP contribution in [-0.4, -0.2) is 53.1 Å². The summed E-state index contributed by atoms with van der Waals surface area (Å²) in [5.74, 6) is -2.62. The van der Waals surface area contributed by atoms with Crippen molar-refractivity contribution in [2.24, 2.45) is 5.92 Å². The van der Waals surface area contributed by atoms with Crippen molar-refractivity contribution in [3.05, 3.63) is 5.01 Å². The summed E-state index contributed by atoms with van der Waals surface area (Å²) in [6, 6.07) is 0. The molecular weight excluding hydrogens is 346 g/mol. The second-order valence-electron chi connectivity index (χ2n) is 8.08. The minimum Gasteiger partial charge on any atom is -0.347 e. The van der Waals surface area contributed by atoms with E-state index in [0.717, 1.165) is 36.1 Å². The Bertz CT molecular complexity index is 610. The van der Waals surface area contributed by atoms with E-state index >= 15 is 0 Å². The van der Waals surface area contributed by atoms with Crippen molar-refractivity contribution >= 4 is 22.4 Å². The van der Waals surface area contributed by atoms with Gasteiger partial charge in [-0.05, 0) is 12.8 Å². The summed E-state index contributed by atoms with van der Waals surface area (Å²) in [4.78, 5) is 16.4. The smallest absolute Gasteiger partial charge is 0.251 e. The van der Waals surface area contributed by atoms with Gasteiger partial charge in [-0.15, -0.1) is 10.2 Å². The van der Waals surface area contributed by atoms with E-state index in [4.69, 9.17) is 0 Å². The van der Waals surface area contributed by atoms with Crippen LogP contribution in [0.5, 0.6) is 0 Å². The van der Waals surface area contributed by atoms with Crippen LogP contribution in [0.1, 0.15) is 51.5 Å². The lowest BCUT2D eigenvalue weighted by molar-refractivity contribution is -0.142. The Hall–Kier alpha value is -1.31. The van der Waals surface area contributed by atoms with Gasteiger partial charge in [0.2, 0.25) is 11.0 Å². The molecule has 3 rings (SSSR count). The molecule has 0 N–H and O–H groups in total. The molecule has 0 atom stereocenters. The van der Waals surface area contributed by atoms with Crippen molar-refractivity contribution in [2.75, 3.05) is 31.1 Å². The fourth-order valence-electron chi connectivity index (χ4n) is 3.28. The Morgan fingerprint density at radius 1 is 1.12 bits per heavy atom. The van der Waals surface area contributed by atoms with E-state index in [1.807, 2.05) is 0 Å². The highest BCUT2D eigenvalue weighted by Gasteiger charge is 2.38. The summed E-state index contributed by atoms with van der Waals surface area (Å²) in [5.41, 5.74) is -0.0134. The Labute approximate surface area is 151 Å². The third-order valence-electron chi connectivity index (χ3n) is 4.98. The Morgan fingerprint density at radius 2 is 1.72 bits per heavy atom. The quantitative estimate of drug-likeness (QED) is 0.799. The third kappa shape index (κ3) is 4.27. The predicted molar refractivity (Wildman–Crippen MR) is 94.3 cm³/mol. The molecule has 0 aromatic carbocycles. The number of halogens is 2. The lowest BCUT2D eigenvalue weighted by Gasteiger charge is -2.37. The zero-order valence-corrected chi connectivity index (χ0v) is 15.9. The molecule has 3 heterocycles. The maximum atomic E-state index is 13.3. The molecular formula is C17H26F2N4OS. The molecule has 140 valence electrons. The van der Waals surface area contributed by atoms with Gasteiger partial charge in [0.15, 0.2) is 0 Å². The summed E-state index contributed by atoms with van der Waals surface area (Å²) in [5, 5.41) is 10.5. The second kappa shape index (κ2) is 6.78. The van der Waals surface area contributed by atoms with Crippen LogP contribution >= 0.6 is 11.3 Å². The molecule has 8 heteroatoms. The first-order valence-corrected chi connectivity index (χ1v) is 9.73. The molecule has 0 unspecified atom stereocenters. The average Bonchev–Trinajstić information content (AvgIpc) is 3.05. The minimum atomic E-state index is -2.61. The predicted octanol–water partition coefficient (Wildman–Crippen LogP) is 3.31. The van der Waals surface area contributed by atoms with Gasteiger partial charge in [0.25, 0.3) is 5.92 Å². The molecule has 0 spiro atoms. The molecule has 2 aliphatic heterocycles. The first-order chi connectivity index (χ1) is 11.7. The van der Waals surface area contributed by atoms with E-state index in [0.29, 0.717) is 0 Å². The lowest BCUT2D eigenvalue weighted by atomic mass is 9.94. The Morgan fingerprint density at radius 3 is 2.24 bits per heavy atom. The average molecular weight is 372 g/mol. The van der Waals surface area contributed by atoms with Gasteiger partial charge in [-0.3, -0.25) is 4.79 Å². The maximum Gasteiger partial charge on any atom is 0.251 e. The van der Waals surface area contributed by atoms with Crippen LogP contribution in [0.3, 0.4) is 0 Å². The van der Waals surface area contributed by atoms with Crippen LogP contribution in [0, 0.1) is 5.92 Å². The lowest BCUT2D eigenvalue weighted by Crippen LogP contribution is -2.47. The number of aromatic nitrogens is 2. The highest BCUT2D eigenvalue weighted by molar-refractivity contribution is 7.15. The maximum absolute atomic E-state index is 13.3. The number of nitrogens with zero attached hydrogens (tertiary/aromatic N) is 4. The molecule has 1 amide bonds. The number of rotatable bonds is 2. The van der Waals surface area contributed by atoms with Gasteiger partial charge >= 0.3 is 0 Å². The zero-order valence-electron chi connectivity index (χ0n) is 15.1. The van der Waals surface area contributed by atoms with Gasteiger partial charge in [-0.25, -0.2) is 8.78 Å². The Balaban J connectivity index is 1.53. The normalized spacial score (nSPS) is 22.3. The number of hydrogen-bond donors (Lipinski definition) is 0. The number of hydrogen-bond acceptors (Lipinski definition) is 5. The monoisotopic (exact) mass is 372 g/mol. The summed E-state index contributed by atoms with van der Waals surface area (Å²) in [6.45, 7) is 8.23. The molecule has 25 heavy (non-hydrogen) atoms. The summed E-state index contributed by atoms with van der Waals surface area (Å²) < 4.78 is 26.5. The highest BCUT2D eigenvalue weighted by Crippen LogP contribution is 2.33. The van der Waals surface area contributed by atoms with Crippen molar-refractivity contribution in [2.45, 2.75) is 57.8 Å². The van der Waals surface area contributed by atoms with Crippen molar-refractivity contribution in [1.29, 1.82) is 0 Å². The van der Waals surface area contributed by atoms with E-state index in [1.165, 1.54) is 0 Å². The van der Waals surface area contributed by atoms with Crippen LogP contribution in [-0.2, 0) is 10.2 Å². The highest BCUT2D eigenvalue weighted by atomic mass is 32.1. The molecule has 2 aliphatic rings. The largest absolute Gasteiger partial charge is 0.347 e. The van der Waals surface area contributed by atoms with Crippen molar-refractivity contribution in [1.82, 2.24) is 15.1 Å². The number of likely N-dealkylation sites (tertiary alicyclic amines) is 1. The molecule has 0 aliphatic carbocycles. The number of carbonyl (C=O) groups is 1. The first-order valence-electron chi connectivity index (χ1n) is 8.91. The molecule has 2 fully saturated rings. The number of alkyl halides is 2. The number of piperidine rings is 2. The van der Waals surface area contributed by atoms with Gasteiger partial charge in [-0.2, -0.15) is 0 Å². The number of anilines is 1. The molecule has 5 nitrogen and oxygen atoms in total. The number of carbonyl (C=O) groups excluding carboxylic acids is 1. The summed E-state index contributed by atoms with van der Waals surface area (Å²) in [7, 11) is 0. The second-order valence-corrected chi connectivity index (χ2v) is 9.04. The standard InChI is InChI=1S/C17H26F2N4OS/c1-16(2,3)14-20-21-15(25-14)23-8-4-12(5-9-23)13(24)22-10-6-17(18,19)7-11-22/h12H,4-11H2,1-3H3. The fourth-order valence-corrected chi connectivity index (χ4v) is 4.23. The van der Waals surface area contributed by atoms with Gasteiger partial charge in [0.1, 0.15) is 5.01 Å². The van der Waals surface area contributed by atoms with Gasteiger partial charge in [0.05, 0.1) is 0 Å².